The number of likely N-dealkylation sites (tertiary alicyclic amines) is 1. The average Bonchev–Trinajstić information content (AvgIpc) is 3.31. The van der Waals surface area contributed by atoms with Crippen LogP contribution in [0.15, 0.2) is 60.0 Å². The van der Waals surface area contributed by atoms with Crippen LogP contribution in [-0.4, -0.2) is 35.5 Å². The first kappa shape index (κ1) is 20.7. The number of carbonyl (C=O) groups is 2. The van der Waals surface area contributed by atoms with E-state index in [1.54, 1.807) is 23.5 Å². The van der Waals surface area contributed by atoms with Crippen molar-refractivity contribution in [2.45, 2.75) is 31.3 Å². The third-order valence-corrected chi connectivity index (χ3v) is 7.23. The van der Waals surface area contributed by atoms with E-state index in [-0.39, 0.29) is 17.4 Å². The van der Waals surface area contributed by atoms with Gasteiger partial charge in [0.25, 0.3) is 5.91 Å². The number of nitrogens with one attached hydrogen (secondary N) is 1. The Morgan fingerprint density at radius 2 is 1.97 bits per heavy atom. The van der Waals surface area contributed by atoms with Crippen LogP contribution in [0.5, 0.6) is 0 Å². The Balaban J connectivity index is 1.29. The maximum absolute atomic E-state index is 12.8. The van der Waals surface area contributed by atoms with Gasteiger partial charge in [0.1, 0.15) is 0 Å². The molecule has 5 rings (SSSR count). The summed E-state index contributed by atoms with van der Waals surface area (Å²) in [5, 5.41) is 4.94. The molecule has 0 bridgehead atoms. The number of hydrogen-bond donors (Lipinski definition) is 2. The van der Waals surface area contributed by atoms with Crippen LogP contribution >= 0.6 is 11.3 Å². The summed E-state index contributed by atoms with van der Waals surface area (Å²) in [7, 11) is 0. The molecule has 1 aromatic heterocycles. The van der Waals surface area contributed by atoms with Gasteiger partial charge in [-0.05, 0) is 59.7 Å². The topological polar surface area (TPSA) is 84.7 Å². The number of anilines is 2. The lowest BCUT2D eigenvalue weighted by molar-refractivity contribution is -0.179. The molecule has 2 saturated heterocycles. The number of nitrogens with zero attached hydrogens (tertiary/aromatic N) is 1. The number of nitrogens with two attached hydrogens (primary N) is 1. The third kappa shape index (κ3) is 3.89. The Morgan fingerprint density at radius 3 is 2.66 bits per heavy atom. The Bertz CT molecular complexity index is 1140. The number of hydrogen-bond acceptors (Lipinski definition) is 5. The number of rotatable bonds is 5. The summed E-state index contributed by atoms with van der Waals surface area (Å²) < 4.78 is 5.42. The average molecular weight is 448 g/mol. The minimum Gasteiger partial charge on any atom is -0.397 e. The molecular weight excluding hydrogens is 422 g/mol. The molecule has 2 aliphatic rings. The lowest BCUT2D eigenvalue weighted by atomic mass is 9.84. The number of carbonyl (C=O) groups excluding carboxylic acids is 2. The van der Waals surface area contributed by atoms with E-state index in [1.807, 2.05) is 52.7 Å². The van der Waals surface area contributed by atoms with Gasteiger partial charge in [0.2, 0.25) is 5.91 Å². The maximum Gasteiger partial charge on any atom is 0.255 e. The van der Waals surface area contributed by atoms with Crippen LogP contribution in [0, 0.1) is 0 Å². The third-order valence-electron chi connectivity index (χ3n) is 6.31. The summed E-state index contributed by atoms with van der Waals surface area (Å²) in [6.07, 6.45) is 2.51. The fraction of sp³-hybridized carbons (Fsp3) is 0.280. The first-order chi connectivity index (χ1) is 15.5. The second-order valence-electron chi connectivity index (χ2n) is 8.48. The molecule has 3 heterocycles. The number of thiophene rings is 1. The minimum absolute atomic E-state index is 0.142. The molecule has 2 amide bonds. The van der Waals surface area contributed by atoms with E-state index in [0.717, 1.165) is 28.8 Å². The SMILES string of the molecule is Nc1ccc(-c2cccs2)cc1NC(=O)c1ccc(CN2C(=O)CCCC23COC3)cc1. The van der Waals surface area contributed by atoms with Crippen molar-refractivity contribution < 1.29 is 14.3 Å². The van der Waals surface area contributed by atoms with E-state index >= 15 is 0 Å². The lowest BCUT2D eigenvalue weighted by Crippen LogP contribution is -2.65. The highest BCUT2D eigenvalue weighted by atomic mass is 32.1. The van der Waals surface area contributed by atoms with Crippen molar-refractivity contribution in [1.82, 2.24) is 4.90 Å². The molecule has 0 atom stereocenters. The molecule has 3 N–H and O–H groups in total. The zero-order valence-corrected chi connectivity index (χ0v) is 18.5. The molecular formula is C25H25N3O3S. The predicted octanol–water partition coefficient (Wildman–Crippen LogP) is 4.53. The van der Waals surface area contributed by atoms with Crippen molar-refractivity contribution in [2.24, 2.45) is 0 Å². The molecule has 0 unspecified atom stereocenters. The molecule has 2 aliphatic heterocycles. The zero-order chi connectivity index (χ0) is 22.1. The first-order valence-corrected chi connectivity index (χ1v) is 11.6. The summed E-state index contributed by atoms with van der Waals surface area (Å²) in [5.74, 6) is -0.0352. The van der Waals surface area contributed by atoms with Crippen molar-refractivity contribution in [1.29, 1.82) is 0 Å². The molecule has 6 nitrogen and oxygen atoms in total. The van der Waals surface area contributed by atoms with Gasteiger partial charge in [-0.1, -0.05) is 24.3 Å². The zero-order valence-electron chi connectivity index (χ0n) is 17.7. The molecule has 7 heteroatoms. The van der Waals surface area contributed by atoms with Gasteiger partial charge < -0.3 is 20.7 Å². The van der Waals surface area contributed by atoms with E-state index in [0.29, 0.717) is 43.1 Å². The molecule has 32 heavy (non-hydrogen) atoms. The van der Waals surface area contributed by atoms with E-state index in [1.165, 1.54) is 0 Å². The number of benzene rings is 2. The molecule has 1 spiro atoms. The summed E-state index contributed by atoms with van der Waals surface area (Å²) in [6, 6.07) is 17.1. The smallest absolute Gasteiger partial charge is 0.255 e. The van der Waals surface area contributed by atoms with Gasteiger partial charge in [0.05, 0.1) is 30.1 Å². The van der Waals surface area contributed by atoms with Gasteiger partial charge in [0, 0.05) is 23.4 Å². The van der Waals surface area contributed by atoms with Crippen LogP contribution in [-0.2, 0) is 16.1 Å². The fourth-order valence-electron chi connectivity index (χ4n) is 4.40. The van der Waals surface area contributed by atoms with Gasteiger partial charge in [-0.2, -0.15) is 0 Å². The van der Waals surface area contributed by atoms with Crippen molar-refractivity contribution in [3.05, 3.63) is 71.1 Å². The highest BCUT2D eigenvalue weighted by Crippen LogP contribution is 2.36. The first-order valence-electron chi connectivity index (χ1n) is 10.8. The number of nitrogen functional groups attached to an aromatic ring is 1. The molecule has 0 saturated carbocycles. The van der Waals surface area contributed by atoms with Crippen LogP contribution in [0.4, 0.5) is 11.4 Å². The van der Waals surface area contributed by atoms with Crippen LogP contribution in [0.25, 0.3) is 10.4 Å². The molecule has 0 radical (unpaired) electrons. The highest BCUT2D eigenvalue weighted by Gasteiger charge is 2.48. The van der Waals surface area contributed by atoms with Crippen LogP contribution in [0.3, 0.4) is 0 Å². The predicted molar refractivity (Wildman–Crippen MR) is 127 cm³/mol. The Hall–Kier alpha value is -3.16. The summed E-state index contributed by atoms with van der Waals surface area (Å²) >= 11 is 1.64. The molecule has 3 aromatic rings. The maximum atomic E-state index is 12.8. The van der Waals surface area contributed by atoms with Crippen molar-refractivity contribution in [2.75, 3.05) is 24.3 Å². The summed E-state index contributed by atoms with van der Waals surface area (Å²) in [5.41, 5.74) is 9.63. The summed E-state index contributed by atoms with van der Waals surface area (Å²) in [4.78, 5) is 28.4. The molecule has 2 aromatic carbocycles. The van der Waals surface area contributed by atoms with Crippen molar-refractivity contribution in [3.8, 4) is 10.4 Å². The second kappa shape index (κ2) is 8.41. The normalized spacial score (nSPS) is 17.2. The van der Waals surface area contributed by atoms with Gasteiger partial charge in [0.15, 0.2) is 0 Å². The quantitative estimate of drug-likeness (QED) is 0.563. The Morgan fingerprint density at radius 1 is 1.16 bits per heavy atom. The van der Waals surface area contributed by atoms with E-state index in [2.05, 4.69) is 5.32 Å². The van der Waals surface area contributed by atoms with Crippen molar-refractivity contribution in [3.63, 3.8) is 0 Å². The van der Waals surface area contributed by atoms with Crippen LogP contribution < -0.4 is 11.1 Å². The largest absolute Gasteiger partial charge is 0.397 e. The van der Waals surface area contributed by atoms with Gasteiger partial charge >= 0.3 is 0 Å². The van der Waals surface area contributed by atoms with Gasteiger partial charge in [-0.3, -0.25) is 9.59 Å². The molecule has 164 valence electrons. The highest BCUT2D eigenvalue weighted by molar-refractivity contribution is 7.13. The fourth-order valence-corrected chi connectivity index (χ4v) is 5.12. The van der Waals surface area contributed by atoms with Crippen LogP contribution in [0.2, 0.25) is 0 Å². The van der Waals surface area contributed by atoms with Crippen LogP contribution in [0.1, 0.15) is 35.2 Å². The standard InChI is InChI=1S/C25H25N3O3S/c26-20-10-9-19(22-3-2-12-32-22)13-21(20)27-24(30)18-7-5-17(6-8-18)14-28-23(29)4-1-11-25(28)15-31-16-25/h2-3,5-10,12-13H,1,4,11,14-16,26H2,(H,27,30). The van der Waals surface area contributed by atoms with Gasteiger partial charge in [-0.25, -0.2) is 0 Å². The van der Waals surface area contributed by atoms with E-state index in [4.69, 9.17) is 10.5 Å². The monoisotopic (exact) mass is 447 g/mol. The van der Waals surface area contributed by atoms with E-state index < -0.39 is 0 Å². The Kier molecular flexibility index (Phi) is 5.45. The molecule has 2 fully saturated rings. The number of amides is 2. The van der Waals surface area contributed by atoms with Crippen molar-refractivity contribution >= 4 is 34.5 Å². The minimum atomic E-state index is -0.218. The van der Waals surface area contributed by atoms with E-state index in [9.17, 15) is 9.59 Å². The Labute approximate surface area is 191 Å². The number of ether oxygens (including phenoxy) is 1. The lowest BCUT2D eigenvalue weighted by Gasteiger charge is -2.52. The molecule has 0 aliphatic carbocycles. The summed E-state index contributed by atoms with van der Waals surface area (Å²) in [6.45, 7) is 1.77. The van der Waals surface area contributed by atoms with Gasteiger partial charge in [-0.15, -0.1) is 11.3 Å². The second-order valence-corrected chi connectivity index (χ2v) is 9.43. The number of piperidine rings is 1.